The summed E-state index contributed by atoms with van der Waals surface area (Å²) in [5, 5.41) is 10.9. The smallest absolute Gasteiger partial charge is 0.228 e. The Balaban J connectivity index is 1.56. The number of carbonyl (C=O) groups is 1. The van der Waals surface area contributed by atoms with Crippen molar-refractivity contribution in [1.82, 2.24) is 25.3 Å². The second-order valence-corrected chi connectivity index (χ2v) is 9.42. The number of amides is 1. The average molecular weight is 390 g/mol. The number of H-pyrrole nitrogens is 1. The van der Waals surface area contributed by atoms with Crippen molar-refractivity contribution in [3.05, 3.63) is 17.5 Å². The Hall–Kier alpha value is -1.40. The summed E-state index contributed by atoms with van der Waals surface area (Å²) in [7, 11) is 4.15. The molecule has 2 fully saturated rings. The Labute approximate surface area is 170 Å². The van der Waals surface area contributed by atoms with Crippen LogP contribution in [0, 0.1) is 11.3 Å². The third-order valence-electron chi connectivity index (χ3n) is 6.84. The highest BCUT2D eigenvalue weighted by molar-refractivity contribution is 5.85. The summed E-state index contributed by atoms with van der Waals surface area (Å²) in [5.41, 5.74) is 2.47. The van der Waals surface area contributed by atoms with Gasteiger partial charge >= 0.3 is 0 Å². The highest BCUT2D eigenvalue weighted by atomic mass is 16.2. The van der Waals surface area contributed by atoms with Crippen LogP contribution in [-0.2, 0) is 11.3 Å². The summed E-state index contributed by atoms with van der Waals surface area (Å²) >= 11 is 0. The summed E-state index contributed by atoms with van der Waals surface area (Å²) in [4.78, 5) is 17.6. The van der Waals surface area contributed by atoms with Crippen LogP contribution in [0.3, 0.4) is 0 Å². The van der Waals surface area contributed by atoms with Crippen LogP contribution < -0.4 is 5.32 Å². The predicted molar refractivity (Wildman–Crippen MR) is 113 cm³/mol. The predicted octanol–water partition coefficient (Wildman–Crippen LogP) is 2.98. The first-order valence-corrected chi connectivity index (χ1v) is 11.1. The number of hydrogen-bond donors (Lipinski definition) is 2. The number of rotatable bonds is 9. The van der Waals surface area contributed by atoms with E-state index in [0.717, 1.165) is 71.2 Å². The molecule has 6 heteroatoms. The van der Waals surface area contributed by atoms with Gasteiger partial charge in [0.1, 0.15) is 0 Å². The van der Waals surface area contributed by atoms with Crippen molar-refractivity contribution in [3.63, 3.8) is 0 Å². The first kappa shape index (κ1) is 21.3. The third kappa shape index (κ3) is 4.77. The van der Waals surface area contributed by atoms with Crippen molar-refractivity contribution in [3.8, 4) is 0 Å². The lowest BCUT2D eigenvalue weighted by Gasteiger charge is -2.35. The number of carbonyl (C=O) groups excluding carboxylic acids is 1. The van der Waals surface area contributed by atoms with E-state index < -0.39 is 0 Å². The molecule has 1 aliphatic carbocycles. The van der Waals surface area contributed by atoms with Gasteiger partial charge in [-0.05, 0) is 58.5 Å². The summed E-state index contributed by atoms with van der Waals surface area (Å²) in [6.07, 6.45) is 8.44. The van der Waals surface area contributed by atoms with Gasteiger partial charge in [-0.15, -0.1) is 0 Å². The van der Waals surface area contributed by atoms with E-state index in [4.69, 9.17) is 0 Å². The van der Waals surface area contributed by atoms with E-state index in [2.05, 4.69) is 52.4 Å². The molecule has 0 unspecified atom stereocenters. The molecule has 1 saturated heterocycles. The minimum Gasteiger partial charge on any atom is -0.342 e. The molecule has 1 aromatic rings. The van der Waals surface area contributed by atoms with E-state index in [9.17, 15) is 4.79 Å². The van der Waals surface area contributed by atoms with Crippen LogP contribution in [-0.4, -0.2) is 66.2 Å². The molecular formula is C22H39N5O. The molecule has 6 nitrogen and oxygen atoms in total. The van der Waals surface area contributed by atoms with E-state index >= 15 is 0 Å². The van der Waals surface area contributed by atoms with E-state index in [-0.39, 0.29) is 5.41 Å². The summed E-state index contributed by atoms with van der Waals surface area (Å²) in [6.45, 7) is 9.31. The quantitative estimate of drug-likeness (QED) is 0.681. The second-order valence-electron chi connectivity index (χ2n) is 9.42. The molecule has 158 valence electrons. The van der Waals surface area contributed by atoms with Gasteiger partial charge in [0.2, 0.25) is 5.91 Å². The average Bonchev–Trinajstić information content (AvgIpc) is 3.25. The lowest BCUT2D eigenvalue weighted by atomic mass is 9.68. The van der Waals surface area contributed by atoms with Gasteiger partial charge in [-0.1, -0.05) is 13.8 Å². The summed E-state index contributed by atoms with van der Waals surface area (Å²) < 4.78 is 0. The monoisotopic (exact) mass is 389 g/mol. The standard InChI is InChI=1S/C22H39N5O/c1-17(2)7-12-27-13-10-22(21(27)28)8-5-18(6-9-22)20-19(15-24-25-20)16-26(4)14-11-23-3/h15,17-18,23H,5-14,16H2,1-4H3,(H,24,25). The Morgan fingerprint density at radius 1 is 1.36 bits per heavy atom. The number of likely N-dealkylation sites (N-methyl/N-ethyl adjacent to an activating group) is 2. The van der Waals surface area contributed by atoms with E-state index in [1.807, 2.05) is 7.05 Å². The van der Waals surface area contributed by atoms with Gasteiger partial charge in [0.25, 0.3) is 0 Å². The minimum absolute atomic E-state index is 0.0759. The van der Waals surface area contributed by atoms with Gasteiger partial charge in [-0.25, -0.2) is 0 Å². The third-order valence-corrected chi connectivity index (χ3v) is 6.84. The second kappa shape index (κ2) is 9.40. The lowest BCUT2D eigenvalue weighted by Crippen LogP contribution is -2.38. The molecule has 2 N–H and O–H groups in total. The largest absolute Gasteiger partial charge is 0.342 e. The maximum atomic E-state index is 13.1. The van der Waals surface area contributed by atoms with Crippen LogP contribution in [0.4, 0.5) is 0 Å². The fraction of sp³-hybridized carbons (Fsp3) is 0.818. The van der Waals surface area contributed by atoms with E-state index in [0.29, 0.717) is 17.7 Å². The Morgan fingerprint density at radius 3 is 2.79 bits per heavy atom. The van der Waals surface area contributed by atoms with Gasteiger partial charge in [-0.2, -0.15) is 5.10 Å². The van der Waals surface area contributed by atoms with Crippen LogP contribution >= 0.6 is 0 Å². The number of aromatic amines is 1. The molecule has 0 atom stereocenters. The molecule has 2 heterocycles. The van der Waals surface area contributed by atoms with Crippen LogP contribution in [0.25, 0.3) is 0 Å². The highest BCUT2D eigenvalue weighted by Gasteiger charge is 2.48. The molecule has 1 amide bonds. The zero-order chi connectivity index (χ0) is 20.1. The van der Waals surface area contributed by atoms with E-state index in [1.54, 1.807) is 0 Å². The fourth-order valence-corrected chi connectivity index (χ4v) is 4.91. The van der Waals surface area contributed by atoms with Crippen molar-refractivity contribution < 1.29 is 4.79 Å². The highest BCUT2D eigenvalue weighted by Crippen LogP contribution is 2.49. The first-order valence-electron chi connectivity index (χ1n) is 11.1. The summed E-state index contributed by atoms with van der Waals surface area (Å²) in [5.74, 6) is 1.58. The molecular weight excluding hydrogens is 350 g/mol. The molecule has 28 heavy (non-hydrogen) atoms. The summed E-state index contributed by atoms with van der Waals surface area (Å²) in [6, 6.07) is 0. The van der Waals surface area contributed by atoms with Crippen molar-refractivity contribution in [2.45, 2.75) is 64.8 Å². The maximum Gasteiger partial charge on any atom is 0.228 e. The number of likely N-dealkylation sites (tertiary alicyclic amines) is 1. The molecule has 1 spiro atoms. The van der Waals surface area contributed by atoms with E-state index in [1.165, 1.54) is 11.3 Å². The number of aromatic nitrogens is 2. The molecule has 3 rings (SSSR count). The normalized spacial score (nSPS) is 25.6. The number of hydrogen-bond acceptors (Lipinski definition) is 4. The van der Waals surface area contributed by atoms with Gasteiger partial charge < -0.3 is 15.1 Å². The zero-order valence-corrected chi connectivity index (χ0v) is 18.3. The van der Waals surface area contributed by atoms with Crippen LogP contribution in [0.5, 0.6) is 0 Å². The van der Waals surface area contributed by atoms with Crippen LogP contribution in [0.2, 0.25) is 0 Å². The topological polar surface area (TPSA) is 64.3 Å². The Bertz CT molecular complexity index is 633. The molecule has 1 saturated carbocycles. The maximum absolute atomic E-state index is 13.1. The van der Waals surface area contributed by atoms with Gasteiger partial charge in [0.15, 0.2) is 0 Å². The van der Waals surface area contributed by atoms with Crippen LogP contribution in [0.15, 0.2) is 6.20 Å². The molecule has 1 aromatic heterocycles. The first-order chi connectivity index (χ1) is 13.4. The molecule has 2 aliphatic rings. The van der Waals surface area contributed by atoms with Crippen molar-refractivity contribution in [2.24, 2.45) is 11.3 Å². The minimum atomic E-state index is -0.0759. The van der Waals surface area contributed by atoms with Crippen molar-refractivity contribution in [1.29, 1.82) is 0 Å². The molecule has 0 aromatic carbocycles. The fourth-order valence-electron chi connectivity index (χ4n) is 4.91. The molecule has 0 radical (unpaired) electrons. The number of nitrogens with one attached hydrogen (secondary N) is 2. The lowest BCUT2D eigenvalue weighted by molar-refractivity contribution is -0.137. The number of nitrogens with zero attached hydrogens (tertiary/aromatic N) is 3. The van der Waals surface area contributed by atoms with Gasteiger partial charge in [-0.3, -0.25) is 9.89 Å². The van der Waals surface area contributed by atoms with Gasteiger partial charge in [0, 0.05) is 50.4 Å². The molecule has 0 bridgehead atoms. The Kier molecular flexibility index (Phi) is 7.15. The zero-order valence-electron chi connectivity index (χ0n) is 18.3. The van der Waals surface area contributed by atoms with Crippen molar-refractivity contribution in [2.75, 3.05) is 40.3 Å². The SMILES string of the molecule is CNCCN(C)Cc1c[nH]nc1C1CCC2(CC1)CCN(CCC(C)C)C2=O. The van der Waals surface area contributed by atoms with Crippen LogP contribution in [0.1, 0.15) is 69.5 Å². The van der Waals surface area contributed by atoms with Gasteiger partial charge in [0.05, 0.1) is 11.1 Å². The van der Waals surface area contributed by atoms with Crippen molar-refractivity contribution >= 4 is 5.91 Å². The molecule has 1 aliphatic heterocycles. The Morgan fingerprint density at radius 2 is 2.11 bits per heavy atom.